The van der Waals surface area contributed by atoms with Gasteiger partial charge in [0.15, 0.2) is 0 Å². The standard InChI is InChI=1S/C13H27NO2.C2H6/c1-6-11(3)8-13(15)14(7-2)9-12(4)10-16-5;1-2/h11-12H,6-10H2,1-5H3;1-2H3. The summed E-state index contributed by atoms with van der Waals surface area (Å²) in [7, 11) is 1.70. The average molecular weight is 259 g/mol. The van der Waals surface area contributed by atoms with E-state index in [1.807, 2.05) is 25.7 Å². The summed E-state index contributed by atoms with van der Waals surface area (Å²) in [5.41, 5.74) is 0. The molecule has 3 heteroatoms. The summed E-state index contributed by atoms with van der Waals surface area (Å²) in [6, 6.07) is 0. The average Bonchev–Trinajstić information content (AvgIpc) is 2.38. The fourth-order valence-corrected chi connectivity index (χ4v) is 1.69. The van der Waals surface area contributed by atoms with Gasteiger partial charge >= 0.3 is 0 Å². The first-order chi connectivity index (χ1) is 8.54. The number of methoxy groups -OCH3 is 1. The van der Waals surface area contributed by atoms with Crippen LogP contribution in [0.4, 0.5) is 0 Å². The molecular weight excluding hydrogens is 226 g/mol. The number of hydrogen-bond acceptors (Lipinski definition) is 2. The maximum atomic E-state index is 12.0. The number of rotatable bonds is 8. The van der Waals surface area contributed by atoms with Crippen molar-refractivity contribution in [3.63, 3.8) is 0 Å². The Labute approximate surface area is 114 Å². The minimum atomic E-state index is 0.278. The van der Waals surface area contributed by atoms with Crippen molar-refractivity contribution in [3.8, 4) is 0 Å². The molecule has 18 heavy (non-hydrogen) atoms. The Morgan fingerprint density at radius 1 is 1.17 bits per heavy atom. The molecule has 2 atom stereocenters. The van der Waals surface area contributed by atoms with Crippen molar-refractivity contribution in [2.75, 3.05) is 26.8 Å². The first kappa shape index (κ1) is 19.8. The summed E-state index contributed by atoms with van der Waals surface area (Å²) in [5.74, 6) is 1.17. The quantitative estimate of drug-likeness (QED) is 0.667. The van der Waals surface area contributed by atoms with E-state index in [1.165, 1.54) is 0 Å². The van der Waals surface area contributed by atoms with Gasteiger partial charge in [-0.3, -0.25) is 4.79 Å². The van der Waals surface area contributed by atoms with Crippen LogP contribution in [0, 0.1) is 11.8 Å². The van der Waals surface area contributed by atoms with Gasteiger partial charge in [0, 0.05) is 26.6 Å². The van der Waals surface area contributed by atoms with Crippen molar-refractivity contribution in [2.45, 2.75) is 54.4 Å². The highest BCUT2D eigenvalue weighted by molar-refractivity contribution is 5.76. The van der Waals surface area contributed by atoms with Crippen molar-refractivity contribution < 1.29 is 9.53 Å². The van der Waals surface area contributed by atoms with Crippen LogP contribution in [0.3, 0.4) is 0 Å². The molecule has 0 aromatic rings. The number of nitrogens with zero attached hydrogens (tertiary/aromatic N) is 1. The Kier molecular flexibility index (Phi) is 14.1. The highest BCUT2D eigenvalue weighted by atomic mass is 16.5. The van der Waals surface area contributed by atoms with Crippen LogP contribution in [-0.4, -0.2) is 37.6 Å². The molecule has 0 saturated heterocycles. The second-order valence-corrected chi connectivity index (χ2v) is 4.71. The van der Waals surface area contributed by atoms with Crippen LogP contribution in [-0.2, 0) is 9.53 Å². The number of ether oxygens (including phenoxy) is 1. The lowest BCUT2D eigenvalue weighted by Gasteiger charge is -2.25. The van der Waals surface area contributed by atoms with Gasteiger partial charge in [-0.15, -0.1) is 0 Å². The highest BCUT2D eigenvalue weighted by Crippen LogP contribution is 2.10. The van der Waals surface area contributed by atoms with Crippen LogP contribution in [0.2, 0.25) is 0 Å². The normalized spacial score (nSPS) is 13.3. The number of hydrogen-bond donors (Lipinski definition) is 0. The summed E-state index contributed by atoms with van der Waals surface area (Å²) in [5, 5.41) is 0. The zero-order valence-corrected chi connectivity index (χ0v) is 13.5. The number of amides is 1. The van der Waals surface area contributed by atoms with E-state index in [-0.39, 0.29) is 5.91 Å². The topological polar surface area (TPSA) is 29.5 Å². The molecule has 0 bridgehead atoms. The van der Waals surface area contributed by atoms with Gasteiger partial charge in [-0.1, -0.05) is 41.0 Å². The first-order valence-electron chi connectivity index (χ1n) is 7.31. The summed E-state index contributed by atoms with van der Waals surface area (Å²) >= 11 is 0. The molecule has 0 N–H and O–H groups in total. The van der Waals surface area contributed by atoms with E-state index in [0.29, 0.717) is 24.9 Å². The van der Waals surface area contributed by atoms with Gasteiger partial charge < -0.3 is 9.64 Å². The molecule has 0 aliphatic rings. The van der Waals surface area contributed by atoms with Crippen LogP contribution in [0.1, 0.15) is 54.4 Å². The Morgan fingerprint density at radius 3 is 2.11 bits per heavy atom. The van der Waals surface area contributed by atoms with E-state index in [1.54, 1.807) is 7.11 Å². The van der Waals surface area contributed by atoms with Crippen molar-refractivity contribution >= 4 is 5.91 Å². The van der Waals surface area contributed by atoms with Gasteiger partial charge in [0.1, 0.15) is 0 Å². The molecule has 0 aliphatic carbocycles. The molecular formula is C15H33NO2. The lowest BCUT2D eigenvalue weighted by atomic mass is 10.0. The molecule has 0 radical (unpaired) electrons. The van der Waals surface area contributed by atoms with Crippen LogP contribution in [0.5, 0.6) is 0 Å². The Hall–Kier alpha value is -0.570. The maximum absolute atomic E-state index is 12.0. The second kappa shape index (κ2) is 12.9. The molecule has 0 aromatic heterocycles. The molecule has 0 heterocycles. The number of carbonyl (C=O) groups excluding carboxylic acids is 1. The smallest absolute Gasteiger partial charge is 0.222 e. The van der Waals surface area contributed by atoms with Gasteiger partial charge in [0.25, 0.3) is 0 Å². The number of carbonyl (C=O) groups is 1. The fourth-order valence-electron chi connectivity index (χ4n) is 1.69. The zero-order chi connectivity index (χ0) is 14.6. The van der Waals surface area contributed by atoms with Crippen molar-refractivity contribution in [1.29, 1.82) is 0 Å². The maximum Gasteiger partial charge on any atom is 0.222 e. The molecule has 1 amide bonds. The van der Waals surface area contributed by atoms with Crippen molar-refractivity contribution in [2.24, 2.45) is 11.8 Å². The first-order valence-corrected chi connectivity index (χ1v) is 7.31. The van der Waals surface area contributed by atoms with Crippen LogP contribution in [0.15, 0.2) is 0 Å². The molecule has 0 aromatic carbocycles. The molecule has 110 valence electrons. The predicted octanol–water partition coefficient (Wildman–Crippen LogP) is 3.58. The van der Waals surface area contributed by atoms with Crippen LogP contribution >= 0.6 is 0 Å². The minimum absolute atomic E-state index is 0.278. The van der Waals surface area contributed by atoms with Gasteiger partial charge in [-0.25, -0.2) is 0 Å². The largest absolute Gasteiger partial charge is 0.384 e. The molecule has 0 aliphatic heterocycles. The second-order valence-electron chi connectivity index (χ2n) is 4.71. The molecule has 0 saturated carbocycles. The molecule has 3 nitrogen and oxygen atoms in total. The summed E-state index contributed by atoms with van der Waals surface area (Å²) in [6.45, 7) is 14.7. The van der Waals surface area contributed by atoms with Crippen molar-refractivity contribution in [1.82, 2.24) is 4.90 Å². The Morgan fingerprint density at radius 2 is 1.72 bits per heavy atom. The van der Waals surface area contributed by atoms with Crippen LogP contribution < -0.4 is 0 Å². The molecule has 0 rings (SSSR count). The van der Waals surface area contributed by atoms with Gasteiger partial charge in [-0.2, -0.15) is 0 Å². The predicted molar refractivity (Wildman–Crippen MR) is 78.7 cm³/mol. The van der Waals surface area contributed by atoms with E-state index in [9.17, 15) is 4.79 Å². The van der Waals surface area contributed by atoms with Crippen molar-refractivity contribution in [3.05, 3.63) is 0 Å². The fraction of sp³-hybridized carbons (Fsp3) is 0.933. The van der Waals surface area contributed by atoms with E-state index in [2.05, 4.69) is 20.8 Å². The third-order valence-electron chi connectivity index (χ3n) is 2.94. The highest BCUT2D eigenvalue weighted by Gasteiger charge is 2.16. The lowest BCUT2D eigenvalue weighted by Crippen LogP contribution is -2.36. The van der Waals surface area contributed by atoms with E-state index >= 15 is 0 Å². The minimum Gasteiger partial charge on any atom is -0.384 e. The van der Waals surface area contributed by atoms with Gasteiger partial charge in [-0.05, 0) is 18.8 Å². The third-order valence-corrected chi connectivity index (χ3v) is 2.94. The van der Waals surface area contributed by atoms with E-state index in [4.69, 9.17) is 4.74 Å². The van der Waals surface area contributed by atoms with Gasteiger partial charge in [0.05, 0.1) is 6.61 Å². The lowest BCUT2D eigenvalue weighted by molar-refractivity contribution is -0.132. The summed E-state index contributed by atoms with van der Waals surface area (Å²) in [4.78, 5) is 13.9. The monoisotopic (exact) mass is 259 g/mol. The van der Waals surface area contributed by atoms with E-state index < -0.39 is 0 Å². The molecule has 2 unspecified atom stereocenters. The molecule has 0 spiro atoms. The van der Waals surface area contributed by atoms with E-state index in [0.717, 1.165) is 19.5 Å². The summed E-state index contributed by atoms with van der Waals surface area (Å²) in [6.07, 6.45) is 1.74. The molecule has 0 fully saturated rings. The SMILES string of the molecule is CC.CCC(C)CC(=O)N(CC)CC(C)COC. The Balaban J connectivity index is 0. The van der Waals surface area contributed by atoms with Gasteiger partial charge in [0.2, 0.25) is 5.91 Å². The van der Waals surface area contributed by atoms with Crippen LogP contribution in [0.25, 0.3) is 0 Å². The third kappa shape index (κ3) is 9.46. The zero-order valence-electron chi connectivity index (χ0n) is 13.5. The Bertz CT molecular complexity index is 195. The summed E-state index contributed by atoms with van der Waals surface area (Å²) < 4.78 is 5.09.